The van der Waals surface area contributed by atoms with Crippen molar-refractivity contribution >= 4 is 0 Å². The molecule has 6 aromatic rings. The van der Waals surface area contributed by atoms with Gasteiger partial charge in [-0.3, -0.25) is 0 Å². The van der Waals surface area contributed by atoms with Gasteiger partial charge in [-0.1, -0.05) is 60.7 Å². The first-order valence-corrected chi connectivity index (χ1v) is 16.1. The lowest BCUT2D eigenvalue weighted by molar-refractivity contribution is 0.377. The van der Waals surface area contributed by atoms with Crippen molar-refractivity contribution < 1.29 is 29.9 Å². The standard InChI is InChI=1S/C42H38O6/c43-35-21-19-29(20-22-35)13-18-34-27-40(47-38-11-3-7-32(25-38)16-14-30-5-1-9-36(44)23-30)42(46)41(28-34)48-39-12-4-8-33(26-39)17-15-31-6-2-10-37(45)24-31/h1-12,19-28,43-46H,13-18H2. The second-order valence-electron chi connectivity index (χ2n) is 11.9. The topological polar surface area (TPSA) is 99.4 Å². The van der Waals surface area contributed by atoms with Gasteiger partial charge in [0.25, 0.3) is 0 Å². The molecule has 242 valence electrons. The van der Waals surface area contributed by atoms with E-state index in [1.165, 1.54) is 0 Å². The van der Waals surface area contributed by atoms with Gasteiger partial charge in [-0.15, -0.1) is 0 Å². The number of hydrogen-bond acceptors (Lipinski definition) is 6. The molecule has 6 rings (SSSR count). The van der Waals surface area contributed by atoms with Crippen molar-refractivity contribution in [2.24, 2.45) is 0 Å². The van der Waals surface area contributed by atoms with Crippen LogP contribution in [0.5, 0.6) is 46.0 Å². The molecule has 48 heavy (non-hydrogen) atoms. The fraction of sp³-hybridized carbons (Fsp3) is 0.143. The van der Waals surface area contributed by atoms with Crippen LogP contribution in [0.4, 0.5) is 0 Å². The van der Waals surface area contributed by atoms with Crippen LogP contribution < -0.4 is 9.47 Å². The normalized spacial score (nSPS) is 10.9. The van der Waals surface area contributed by atoms with Crippen LogP contribution in [0.25, 0.3) is 0 Å². The van der Waals surface area contributed by atoms with Crippen LogP contribution >= 0.6 is 0 Å². The van der Waals surface area contributed by atoms with Crippen LogP contribution in [-0.4, -0.2) is 20.4 Å². The maximum Gasteiger partial charge on any atom is 0.202 e. The smallest absolute Gasteiger partial charge is 0.202 e. The van der Waals surface area contributed by atoms with E-state index in [1.54, 1.807) is 36.4 Å². The van der Waals surface area contributed by atoms with Gasteiger partial charge in [0.1, 0.15) is 28.7 Å². The minimum absolute atomic E-state index is 0.0984. The summed E-state index contributed by atoms with van der Waals surface area (Å²) in [5.74, 6) is 2.40. The molecule has 6 aromatic carbocycles. The van der Waals surface area contributed by atoms with Gasteiger partial charge < -0.3 is 29.9 Å². The average molecular weight is 639 g/mol. The predicted octanol–water partition coefficient (Wildman–Crippen LogP) is 9.45. The Morgan fingerprint density at radius 1 is 0.333 bits per heavy atom. The summed E-state index contributed by atoms with van der Waals surface area (Å²) in [6.07, 6.45) is 4.43. The zero-order valence-electron chi connectivity index (χ0n) is 26.5. The first-order chi connectivity index (χ1) is 23.4. The number of aryl methyl sites for hydroxylation is 6. The molecule has 0 spiro atoms. The molecule has 0 aliphatic carbocycles. The third-order valence-electron chi connectivity index (χ3n) is 8.22. The molecule has 0 bridgehead atoms. The highest BCUT2D eigenvalue weighted by atomic mass is 16.5. The molecule has 0 fully saturated rings. The van der Waals surface area contributed by atoms with E-state index in [0.29, 0.717) is 29.4 Å². The molecule has 6 heteroatoms. The highest BCUT2D eigenvalue weighted by Gasteiger charge is 2.16. The maximum absolute atomic E-state index is 11.4. The van der Waals surface area contributed by atoms with Crippen molar-refractivity contribution in [3.8, 4) is 46.0 Å². The lowest BCUT2D eigenvalue weighted by Crippen LogP contribution is -1.97. The third-order valence-corrected chi connectivity index (χ3v) is 8.22. The predicted molar refractivity (Wildman–Crippen MR) is 188 cm³/mol. The zero-order valence-corrected chi connectivity index (χ0v) is 26.5. The lowest BCUT2D eigenvalue weighted by Gasteiger charge is -2.16. The summed E-state index contributed by atoms with van der Waals surface area (Å²) in [6.45, 7) is 0. The molecular formula is C42H38O6. The number of phenolic OH excluding ortho intramolecular Hbond substituents is 4. The van der Waals surface area contributed by atoms with Crippen molar-refractivity contribution in [1.29, 1.82) is 0 Å². The van der Waals surface area contributed by atoms with E-state index in [-0.39, 0.29) is 23.0 Å². The number of benzene rings is 6. The number of hydrogen-bond donors (Lipinski definition) is 4. The van der Waals surface area contributed by atoms with Gasteiger partial charge in [0.05, 0.1) is 0 Å². The molecule has 0 amide bonds. The van der Waals surface area contributed by atoms with Crippen LogP contribution in [0.2, 0.25) is 0 Å². The molecule has 0 aromatic heterocycles. The van der Waals surface area contributed by atoms with Gasteiger partial charge in [-0.2, -0.15) is 0 Å². The fourth-order valence-corrected chi connectivity index (χ4v) is 5.67. The summed E-state index contributed by atoms with van der Waals surface area (Å²) in [6, 6.07) is 40.9. The van der Waals surface area contributed by atoms with Crippen molar-refractivity contribution in [1.82, 2.24) is 0 Å². The van der Waals surface area contributed by atoms with E-state index >= 15 is 0 Å². The molecular weight excluding hydrogens is 600 g/mol. The fourth-order valence-electron chi connectivity index (χ4n) is 5.67. The first-order valence-electron chi connectivity index (χ1n) is 16.1. The summed E-state index contributed by atoms with van der Waals surface area (Å²) in [7, 11) is 0. The lowest BCUT2D eigenvalue weighted by atomic mass is 10.0. The van der Waals surface area contributed by atoms with Crippen molar-refractivity contribution in [3.05, 3.63) is 167 Å². The van der Waals surface area contributed by atoms with Crippen molar-refractivity contribution in [3.63, 3.8) is 0 Å². The monoisotopic (exact) mass is 638 g/mol. The van der Waals surface area contributed by atoms with E-state index in [1.807, 2.05) is 97.1 Å². The molecule has 0 heterocycles. The molecule has 0 aliphatic heterocycles. The van der Waals surface area contributed by atoms with Crippen LogP contribution in [-0.2, 0) is 38.5 Å². The van der Waals surface area contributed by atoms with E-state index in [0.717, 1.165) is 65.5 Å². The first kappa shape index (κ1) is 32.1. The minimum Gasteiger partial charge on any atom is -0.508 e. The number of phenols is 4. The highest BCUT2D eigenvalue weighted by molar-refractivity contribution is 5.56. The Morgan fingerprint density at radius 2 is 0.729 bits per heavy atom. The van der Waals surface area contributed by atoms with E-state index in [4.69, 9.17) is 9.47 Å². The number of rotatable bonds is 13. The quantitative estimate of drug-likeness (QED) is 0.101. The van der Waals surface area contributed by atoms with Crippen LogP contribution in [0.3, 0.4) is 0 Å². The Labute approximate surface area is 280 Å². The molecule has 0 saturated heterocycles. The number of ether oxygens (including phenoxy) is 2. The average Bonchev–Trinajstić information content (AvgIpc) is 3.08. The van der Waals surface area contributed by atoms with E-state index in [9.17, 15) is 20.4 Å². The van der Waals surface area contributed by atoms with Crippen LogP contribution in [0.1, 0.15) is 33.4 Å². The van der Waals surface area contributed by atoms with Gasteiger partial charge in [-0.05, 0) is 145 Å². The molecule has 0 radical (unpaired) electrons. The Bertz CT molecular complexity index is 1870. The Morgan fingerprint density at radius 3 is 1.19 bits per heavy atom. The Balaban J connectivity index is 1.22. The summed E-state index contributed by atoms with van der Waals surface area (Å²) >= 11 is 0. The van der Waals surface area contributed by atoms with Gasteiger partial charge in [0, 0.05) is 0 Å². The van der Waals surface area contributed by atoms with Crippen LogP contribution in [0, 0.1) is 0 Å². The van der Waals surface area contributed by atoms with E-state index in [2.05, 4.69) is 0 Å². The SMILES string of the molecule is Oc1ccc(CCc2cc(Oc3cccc(CCc4cccc(O)c4)c3)c(O)c(Oc3cccc(CCc4cccc(O)c4)c3)c2)cc1. The maximum atomic E-state index is 11.4. The molecule has 0 aliphatic rings. The molecule has 0 unspecified atom stereocenters. The second-order valence-corrected chi connectivity index (χ2v) is 11.9. The summed E-state index contributed by atoms with van der Waals surface area (Å²) in [5, 5.41) is 40.7. The number of aromatic hydroxyl groups is 4. The summed E-state index contributed by atoms with van der Waals surface area (Å²) in [4.78, 5) is 0. The van der Waals surface area contributed by atoms with Gasteiger partial charge in [0.2, 0.25) is 5.75 Å². The molecule has 6 nitrogen and oxygen atoms in total. The van der Waals surface area contributed by atoms with E-state index < -0.39 is 0 Å². The highest BCUT2D eigenvalue weighted by Crippen LogP contribution is 2.42. The summed E-state index contributed by atoms with van der Waals surface area (Å²) in [5.41, 5.74) is 6.22. The van der Waals surface area contributed by atoms with Gasteiger partial charge >= 0.3 is 0 Å². The Hall–Kier alpha value is -5.88. The van der Waals surface area contributed by atoms with Gasteiger partial charge in [-0.25, -0.2) is 0 Å². The second kappa shape index (κ2) is 15.1. The summed E-state index contributed by atoms with van der Waals surface area (Å²) < 4.78 is 12.6. The molecule has 4 N–H and O–H groups in total. The van der Waals surface area contributed by atoms with Gasteiger partial charge in [0.15, 0.2) is 11.5 Å². The van der Waals surface area contributed by atoms with Crippen molar-refractivity contribution in [2.45, 2.75) is 38.5 Å². The third kappa shape index (κ3) is 8.89. The largest absolute Gasteiger partial charge is 0.508 e. The molecule has 0 saturated carbocycles. The van der Waals surface area contributed by atoms with Crippen LogP contribution in [0.15, 0.2) is 133 Å². The van der Waals surface area contributed by atoms with Crippen molar-refractivity contribution in [2.75, 3.05) is 0 Å². The Kier molecular flexibility index (Phi) is 10.1. The zero-order chi connectivity index (χ0) is 33.3. The minimum atomic E-state index is -0.0984. The molecule has 0 atom stereocenters.